The molecular weight excluding hydrogens is 295 g/mol. The summed E-state index contributed by atoms with van der Waals surface area (Å²) in [5, 5.41) is 0.882. The predicted octanol–water partition coefficient (Wildman–Crippen LogP) is 5.28. The molecule has 0 bridgehead atoms. The molecule has 0 aliphatic heterocycles. The first-order valence-corrected chi connectivity index (χ1v) is 7.38. The molecule has 0 fully saturated rings. The molecule has 0 aliphatic rings. The number of hydrogen-bond acceptors (Lipinski definition) is 2. The summed E-state index contributed by atoms with van der Waals surface area (Å²) in [7, 11) is 0. The molecule has 0 N–H and O–H groups in total. The van der Waals surface area contributed by atoms with Gasteiger partial charge in [0.1, 0.15) is 6.61 Å². The zero-order valence-electron chi connectivity index (χ0n) is 12.7. The Morgan fingerprint density at radius 3 is 2.00 bits per heavy atom. The third-order valence-electron chi connectivity index (χ3n) is 3.05. The van der Waals surface area contributed by atoms with Gasteiger partial charge in [0.25, 0.3) is 0 Å². The van der Waals surface area contributed by atoms with E-state index in [9.17, 15) is 4.79 Å². The van der Waals surface area contributed by atoms with E-state index in [4.69, 9.17) is 27.9 Å². The summed E-state index contributed by atoms with van der Waals surface area (Å²) in [6.07, 6.45) is 1.67. The maximum atomic E-state index is 10.4. The van der Waals surface area contributed by atoms with Crippen LogP contribution in [0.3, 0.4) is 0 Å². The maximum Gasteiger partial charge on any atom is 0.157 e. The van der Waals surface area contributed by atoms with Gasteiger partial charge in [-0.3, -0.25) is 4.79 Å². The van der Waals surface area contributed by atoms with E-state index in [1.807, 2.05) is 12.1 Å². The molecule has 20 heavy (non-hydrogen) atoms. The van der Waals surface area contributed by atoms with Crippen molar-refractivity contribution in [2.75, 3.05) is 6.61 Å². The molecule has 0 spiro atoms. The van der Waals surface area contributed by atoms with E-state index in [0.29, 0.717) is 22.1 Å². The van der Waals surface area contributed by atoms with Crippen LogP contribution in [0.1, 0.15) is 46.6 Å². The fraction of sp³-hybridized carbons (Fsp3) is 0.562. The van der Waals surface area contributed by atoms with Crippen LogP contribution >= 0.6 is 23.2 Å². The number of carbonyl (C=O) groups excluding carboxylic acids is 1. The fourth-order valence-electron chi connectivity index (χ4n) is 2.63. The zero-order chi connectivity index (χ0) is 15.6. The molecule has 0 atom stereocenters. The summed E-state index contributed by atoms with van der Waals surface area (Å²) in [6, 6.07) is 3.75. The highest BCUT2D eigenvalue weighted by molar-refractivity contribution is 6.37. The van der Waals surface area contributed by atoms with Crippen LogP contribution in [0.5, 0.6) is 5.75 Å². The standard InChI is InChI=1S/C16H22Cl2O2/c1-15(2,3)10-16(4,5)11-8-12(17)14(13(18)9-11)20-7-6-19/h6,8-9H,7,10H2,1-5H3. The van der Waals surface area contributed by atoms with Crippen molar-refractivity contribution in [1.82, 2.24) is 0 Å². The molecule has 0 radical (unpaired) electrons. The minimum Gasteiger partial charge on any atom is -0.483 e. The lowest BCUT2D eigenvalue weighted by atomic mass is 9.72. The number of ether oxygens (including phenoxy) is 1. The lowest BCUT2D eigenvalue weighted by Gasteiger charge is -2.33. The first-order valence-electron chi connectivity index (χ1n) is 6.63. The van der Waals surface area contributed by atoms with Crippen LogP contribution < -0.4 is 4.74 Å². The number of benzene rings is 1. The third kappa shape index (κ3) is 4.68. The van der Waals surface area contributed by atoms with Crippen molar-refractivity contribution in [3.8, 4) is 5.75 Å². The summed E-state index contributed by atoms with van der Waals surface area (Å²) in [5.74, 6) is 0.371. The SMILES string of the molecule is CC(C)(C)CC(C)(C)c1cc(Cl)c(OCC=O)c(Cl)c1. The molecule has 0 heterocycles. The lowest BCUT2D eigenvalue weighted by molar-refractivity contribution is -0.109. The van der Waals surface area contributed by atoms with Gasteiger partial charge in [0.15, 0.2) is 12.0 Å². The molecular formula is C16H22Cl2O2. The Balaban J connectivity index is 3.12. The molecule has 0 saturated heterocycles. The van der Waals surface area contributed by atoms with Crippen LogP contribution in [-0.2, 0) is 10.2 Å². The van der Waals surface area contributed by atoms with Crippen LogP contribution in [-0.4, -0.2) is 12.9 Å². The molecule has 1 rings (SSSR count). The van der Waals surface area contributed by atoms with E-state index in [-0.39, 0.29) is 17.4 Å². The van der Waals surface area contributed by atoms with Gasteiger partial charge in [-0.15, -0.1) is 0 Å². The van der Waals surface area contributed by atoms with E-state index >= 15 is 0 Å². The Morgan fingerprint density at radius 2 is 1.60 bits per heavy atom. The van der Waals surface area contributed by atoms with Crippen LogP contribution in [0.4, 0.5) is 0 Å². The first kappa shape index (κ1) is 17.3. The van der Waals surface area contributed by atoms with Gasteiger partial charge in [-0.25, -0.2) is 0 Å². The third-order valence-corrected chi connectivity index (χ3v) is 3.61. The van der Waals surface area contributed by atoms with Gasteiger partial charge in [-0.05, 0) is 34.9 Å². The highest BCUT2D eigenvalue weighted by atomic mass is 35.5. The second-order valence-corrected chi connectivity index (χ2v) is 7.68. The number of halogens is 2. The van der Waals surface area contributed by atoms with E-state index in [0.717, 1.165) is 12.0 Å². The Labute approximate surface area is 131 Å². The quantitative estimate of drug-likeness (QED) is 0.690. The summed E-state index contributed by atoms with van der Waals surface area (Å²) < 4.78 is 5.25. The lowest BCUT2D eigenvalue weighted by Crippen LogP contribution is -2.24. The topological polar surface area (TPSA) is 26.3 Å². The average molecular weight is 317 g/mol. The van der Waals surface area contributed by atoms with Gasteiger partial charge in [-0.2, -0.15) is 0 Å². The first-order chi connectivity index (χ1) is 9.07. The highest BCUT2D eigenvalue weighted by Crippen LogP contribution is 2.41. The average Bonchev–Trinajstić information content (AvgIpc) is 2.24. The Hall–Kier alpha value is -0.730. The largest absolute Gasteiger partial charge is 0.483 e. The minimum atomic E-state index is -0.0514. The van der Waals surface area contributed by atoms with Gasteiger partial charge in [0.05, 0.1) is 10.0 Å². The summed E-state index contributed by atoms with van der Waals surface area (Å²) in [6.45, 7) is 10.9. The van der Waals surface area contributed by atoms with E-state index in [2.05, 4.69) is 34.6 Å². The highest BCUT2D eigenvalue weighted by Gasteiger charge is 2.28. The van der Waals surface area contributed by atoms with Crippen molar-refractivity contribution in [1.29, 1.82) is 0 Å². The van der Waals surface area contributed by atoms with Crippen molar-refractivity contribution < 1.29 is 9.53 Å². The number of carbonyl (C=O) groups is 1. The summed E-state index contributed by atoms with van der Waals surface area (Å²) in [5.41, 5.74) is 1.23. The molecule has 1 aromatic rings. The molecule has 112 valence electrons. The second-order valence-electron chi connectivity index (χ2n) is 6.87. The second kappa shape index (κ2) is 6.36. The maximum absolute atomic E-state index is 10.4. The smallest absolute Gasteiger partial charge is 0.157 e. The van der Waals surface area contributed by atoms with E-state index in [1.165, 1.54) is 0 Å². The van der Waals surface area contributed by atoms with Gasteiger partial charge in [-0.1, -0.05) is 57.8 Å². The van der Waals surface area contributed by atoms with Gasteiger partial charge in [0, 0.05) is 0 Å². The van der Waals surface area contributed by atoms with Gasteiger partial charge in [0.2, 0.25) is 0 Å². The summed E-state index contributed by atoms with van der Waals surface area (Å²) >= 11 is 12.4. The summed E-state index contributed by atoms with van der Waals surface area (Å²) in [4.78, 5) is 10.4. The van der Waals surface area contributed by atoms with Crippen molar-refractivity contribution in [3.63, 3.8) is 0 Å². The number of aldehydes is 1. The van der Waals surface area contributed by atoms with Crippen molar-refractivity contribution in [2.24, 2.45) is 5.41 Å². The van der Waals surface area contributed by atoms with Crippen LogP contribution in [0.25, 0.3) is 0 Å². The zero-order valence-corrected chi connectivity index (χ0v) is 14.2. The van der Waals surface area contributed by atoms with Crippen molar-refractivity contribution in [3.05, 3.63) is 27.7 Å². The molecule has 2 nitrogen and oxygen atoms in total. The normalized spacial score (nSPS) is 12.3. The van der Waals surface area contributed by atoms with Gasteiger partial charge >= 0.3 is 0 Å². The Morgan fingerprint density at radius 1 is 1.10 bits per heavy atom. The van der Waals surface area contributed by atoms with Crippen molar-refractivity contribution in [2.45, 2.75) is 46.5 Å². The van der Waals surface area contributed by atoms with E-state index in [1.54, 1.807) is 0 Å². The molecule has 4 heteroatoms. The van der Waals surface area contributed by atoms with Crippen LogP contribution in [0, 0.1) is 5.41 Å². The fourth-order valence-corrected chi connectivity index (χ4v) is 3.23. The minimum absolute atomic E-state index is 0.0469. The number of hydrogen-bond donors (Lipinski definition) is 0. The molecule has 0 saturated carbocycles. The van der Waals surface area contributed by atoms with Gasteiger partial charge < -0.3 is 4.74 Å². The Bertz CT molecular complexity index is 465. The van der Waals surface area contributed by atoms with Crippen LogP contribution in [0.2, 0.25) is 10.0 Å². The Kier molecular flexibility index (Phi) is 5.51. The molecule has 0 unspecified atom stereocenters. The van der Waals surface area contributed by atoms with E-state index < -0.39 is 0 Å². The molecule has 0 aliphatic carbocycles. The van der Waals surface area contributed by atoms with Crippen LogP contribution in [0.15, 0.2) is 12.1 Å². The van der Waals surface area contributed by atoms with Crippen molar-refractivity contribution >= 4 is 29.5 Å². The molecule has 0 aromatic heterocycles. The predicted molar refractivity (Wildman–Crippen MR) is 85.1 cm³/mol. The monoisotopic (exact) mass is 316 g/mol. The molecule has 0 amide bonds. The number of rotatable bonds is 5. The molecule has 1 aromatic carbocycles.